The second-order valence-corrected chi connectivity index (χ2v) is 10.7. The Hall–Kier alpha value is -1.70. The van der Waals surface area contributed by atoms with Crippen LogP contribution in [0, 0.1) is 5.41 Å². The van der Waals surface area contributed by atoms with Crippen molar-refractivity contribution in [3.63, 3.8) is 0 Å². The van der Waals surface area contributed by atoms with Gasteiger partial charge in [-0.25, -0.2) is 9.78 Å². The maximum atomic E-state index is 13.2. The molecule has 8 heteroatoms. The number of carbonyl (C=O) groups is 2. The van der Waals surface area contributed by atoms with Crippen LogP contribution in [0.1, 0.15) is 59.7 Å². The van der Waals surface area contributed by atoms with Crippen LogP contribution in [0.3, 0.4) is 0 Å². The lowest BCUT2D eigenvalue weighted by molar-refractivity contribution is -0.132. The van der Waals surface area contributed by atoms with Gasteiger partial charge in [-0.1, -0.05) is 0 Å². The molecule has 1 spiro atoms. The molecule has 2 heterocycles. The predicted octanol–water partition coefficient (Wildman–Crippen LogP) is 3.77. The Morgan fingerprint density at radius 2 is 2.03 bits per heavy atom. The van der Waals surface area contributed by atoms with Gasteiger partial charge < -0.3 is 19.1 Å². The van der Waals surface area contributed by atoms with Gasteiger partial charge in [0.25, 0.3) is 0 Å². The first-order valence-electron chi connectivity index (χ1n) is 10.9. The van der Waals surface area contributed by atoms with Gasteiger partial charge >= 0.3 is 6.09 Å². The number of rotatable bonds is 6. The molecule has 1 aliphatic heterocycles. The van der Waals surface area contributed by atoms with E-state index < -0.39 is 5.60 Å². The van der Waals surface area contributed by atoms with Gasteiger partial charge in [-0.05, 0) is 65.6 Å². The summed E-state index contributed by atoms with van der Waals surface area (Å²) >= 11 is 1.59. The monoisotopic (exact) mass is 436 g/mol. The lowest BCUT2D eigenvalue weighted by Gasteiger charge is -2.36. The normalized spacial score (nSPS) is 21.4. The zero-order valence-electron chi connectivity index (χ0n) is 19.2. The van der Waals surface area contributed by atoms with Crippen molar-refractivity contribution in [3.8, 4) is 0 Å². The van der Waals surface area contributed by atoms with E-state index >= 15 is 0 Å². The van der Waals surface area contributed by atoms with Crippen molar-refractivity contribution in [2.45, 2.75) is 83.9 Å². The molecule has 7 nitrogen and oxygen atoms in total. The zero-order chi connectivity index (χ0) is 22.1. The first kappa shape index (κ1) is 23.0. The fourth-order valence-corrected chi connectivity index (χ4v) is 4.71. The number of likely N-dealkylation sites (tertiary alicyclic amines) is 1. The van der Waals surface area contributed by atoms with E-state index in [0.29, 0.717) is 19.6 Å². The van der Waals surface area contributed by atoms with Crippen molar-refractivity contribution in [2.24, 2.45) is 5.41 Å². The summed E-state index contributed by atoms with van der Waals surface area (Å²) in [6.45, 7) is 12.5. The fraction of sp³-hybridized carbons (Fsp3) is 0.773. The van der Waals surface area contributed by atoms with Crippen LogP contribution in [0.25, 0.3) is 0 Å². The summed E-state index contributed by atoms with van der Waals surface area (Å²) < 4.78 is 7.63. The Balaban J connectivity index is 1.68. The molecule has 3 rings (SSSR count). The number of ether oxygens (including phenoxy) is 1. The van der Waals surface area contributed by atoms with Crippen LogP contribution in [0.15, 0.2) is 12.4 Å². The number of piperidine rings is 1. The molecule has 30 heavy (non-hydrogen) atoms. The third-order valence-electron chi connectivity index (χ3n) is 6.37. The average molecular weight is 437 g/mol. The van der Waals surface area contributed by atoms with E-state index in [9.17, 15) is 9.59 Å². The maximum Gasteiger partial charge on any atom is 0.410 e. The highest BCUT2D eigenvalue weighted by Crippen LogP contribution is 2.57. The highest BCUT2D eigenvalue weighted by Gasteiger charge is 2.59. The molecular formula is C22H36N4O3S. The molecular weight excluding hydrogens is 400 g/mol. The number of imidazole rings is 1. The van der Waals surface area contributed by atoms with E-state index in [-0.39, 0.29) is 28.7 Å². The lowest BCUT2D eigenvalue weighted by atomic mass is 9.92. The van der Waals surface area contributed by atoms with Gasteiger partial charge in [0.1, 0.15) is 11.4 Å². The molecule has 168 valence electrons. The first-order chi connectivity index (χ1) is 14.1. The smallest absolute Gasteiger partial charge is 0.410 e. The Labute approximate surface area is 184 Å². The largest absolute Gasteiger partial charge is 0.444 e. The van der Waals surface area contributed by atoms with Gasteiger partial charge in [0.15, 0.2) is 0 Å². The summed E-state index contributed by atoms with van der Waals surface area (Å²) in [6, 6.07) is 0.224. The quantitative estimate of drug-likeness (QED) is 0.679. The van der Waals surface area contributed by atoms with Crippen molar-refractivity contribution in [3.05, 3.63) is 18.2 Å². The Morgan fingerprint density at radius 1 is 1.37 bits per heavy atom. The number of hydrogen-bond donors (Lipinski definition) is 0. The molecule has 2 amide bonds. The van der Waals surface area contributed by atoms with Crippen LogP contribution >= 0.6 is 11.8 Å². The molecule has 1 aromatic heterocycles. The van der Waals surface area contributed by atoms with Gasteiger partial charge in [0, 0.05) is 38.1 Å². The summed E-state index contributed by atoms with van der Waals surface area (Å²) in [5.41, 5.74) is -0.358. The minimum Gasteiger partial charge on any atom is -0.444 e. The molecule has 0 aromatic carbocycles. The number of carbonyl (C=O) groups excluding carboxylic acids is 2. The molecule has 0 radical (unpaired) electrons. The molecule has 2 atom stereocenters. The van der Waals surface area contributed by atoms with Crippen molar-refractivity contribution in [1.82, 2.24) is 19.4 Å². The van der Waals surface area contributed by atoms with Crippen LogP contribution in [0.4, 0.5) is 4.79 Å². The molecule has 0 N–H and O–H groups in total. The van der Waals surface area contributed by atoms with E-state index in [2.05, 4.69) is 21.4 Å². The van der Waals surface area contributed by atoms with Gasteiger partial charge in [-0.3, -0.25) is 4.79 Å². The predicted molar refractivity (Wildman–Crippen MR) is 119 cm³/mol. The number of hydrogen-bond acceptors (Lipinski definition) is 5. The number of amides is 2. The SMILES string of the molecule is CCn1ccnc1CN(C(=O)[C@@H](C)SC)[C@H]1CC12CCN(C(=O)OC(C)(C)C)CC2. The minimum absolute atomic E-state index is 0.0745. The van der Waals surface area contributed by atoms with Crippen molar-refractivity contribution in [1.29, 1.82) is 0 Å². The Morgan fingerprint density at radius 3 is 2.60 bits per heavy atom. The van der Waals surface area contributed by atoms with Crippen LogP contribution < -0.4 is 0 Å². The molecule has 1 saturated carbocycles. The van der Waals surface area contributed by atoms with E-state index in [0.717, 1.165) is 31.6 Å². The molecule has 1 saturated heterocycles. The number of aryl methyl sites for hydroxylation is 1. The van der Waals surface area contributed by atoms with Gasteiger partial charge in [0.05, 0.1) is 11.8 Å². The molecule has 2 fully saturated rings. The molecule has 0 unspecified atom stereocenters. The Bertz CT molecular complexity index is 765. The van der Waals surface area contributed by atoms with E-state index in [1.807, 2.05) is 51.2 Å². The van der Waals surface area contributed by atoms with Crippen LogP contribution in [0.5, 0.6) is 0 Å². The minimum atomic E-state index is -0.479. The summed E-state index contributed by atoms with van der Waals surface area (Å²) in [4.78, 5) is 34.0. The molecule has 1 aromatic rings. The highest BCUT2D eigenvalue weighted by molar-refractivity contribution is 7.99. The molecule has 1 aliphatic carbocycles. The zero-order valence-corrected chi connectivity index (χ0v) is 20.0. The number of thioether (sulfide) groups is 1. The number of aromatic nitrogens is 2. The number of nitrogens with zero attached hydrogens (tertiary/aromatic N) is 4. The van der Waals surface area contributed by atoms with Crippen LogP contribution in [-0.4, -0.2) is 67.6 Å². The van der Waals surface area contributed by atoms with Gasteiger partial charge in [0.2, 0.25) is 5.91 Å². The summed E-state index contributed by atoms with van der Waals surface area (Å²) in [5.74, 6) is 1.12. The molecule has 0 bridgehead atoms. The van der Waals surface area contributed by atoms with E-state index in [1.54, 1.807) is 11.8 Å². The fourth-order valence-electron chi connectivity index (χ4n) is 4.37. The first-order valence-corrected chi connectivity index (χ1v) is 12.2. The average Bonchev–Trinajstić information content (AvgIpc) is 3.18. The van der Waals surface area contributed by atoms with E-state index in [4.69, 9.17) is 4.74 Å². The standard InChI is InChI=1S/C22H36N4O3S/c1-7-24-13-10-23-18(24)15-26(19(27)16(2)30-6)17-14-22(17)8-11-25(12-9-22)20(28)29-21(3,4)5/h10,13,16-17H,7-9,11-12,14-15H2,1-6H3/t16-,17+/m1/s1. The van der Waals surface area contributed by atoms with E-state index in [1.165, 1.54) is 0 Å². The Kier molecular flexibility index (Phi) is 6.75. The second-order valence-electron chi connectivity index (χ2n) is 9.52. The van der Waals surface area contributed by atoms with Crippen molar-refractivity contribution >= 4 is 23.8 Å². The maximum absolute atomic E-state index is 13.2. The summed E-state index contributed by atoms with van der Waals surface area (Å²) in [5, 5.41) is -0.0745. The van der Waals surface area contributed by atoms with Gasteiger partial charge in [-0.15, -0.1) is 0 Å². The van der Waals surface area contributed by atoms with Crippen LogP contribution in [-0.2, 0) is 22.6 Å². The second kappa shape index (κ2) is 8.81. The third kappa shape index (κ3) is 4.95. The lowest BCUT2D eigenvalue weighted by Crippen LogP contribution is -2.45. The van der Waals surface area contributed by atoms with Crippen LogP contribution in [0.2, 0.25) is 0 Å². The summed E-state index contributed by atoms with van der Waals surface area (Å²) in [6.07, 6.45) is 8.36. The topological polar surface area (TPSA) is 67.7 Å². The van der Waals surface area contributed by atoms with Crippen molar-refractivity contribution < 1.29 is 14.3 Å². The van der Waals surface area contributed by atoms with Crippen molar-refractivity contribution in [2.75, 3.05) is 19.3 Å². The molecule has 2 aliphatic rings. The van der Waals surface area contributed by atoms with Gasteiger partial charge in [-0.2, -0.15) is 11.8 Å². The summed E-state index contributed by atoms with van der Waals surface area (Å²) in [7, 11) is 0. The third-order valence-corrected chi connectivity index (χ3v) is 7.28. The highest BCUT2D eigenvalue weighted by atomic mass is 32.2.